The Morgan fingerprint density at radius 3 is 2.83 bits per heavy atom. The van der Waals surface area contributed by atoms with Crippen LogP contribution in [-0.2, 0) is 0 Å². The van der Waals surface area contributed by atoms with Gasteiger partial charge in [-0.2, -0.15) is 4.98 Å². The van der Waals surface area contributed by atoms with Crippen molar-refractivity contribution in [1.29, 1.82) is 5.41 Å². The summed E-state index contributed by atoms with van der Waals surface area (Å²) in [6.45, 7) is 0. The van der Waals surface area contributed by atoms with E-state index < -0.39 is 0 Å². The fraction of sp³-hybridized carbons (Fsp3) is 0. The van der Waals surface area contributed by atoms with Gasteiger partial charge in [0.2, 0.25) is 0 Å². The topological polar surface area (TPSA) is 84.9 Å². The van der Waals surface area contributed by atoms with Crippen LogP contribution in [0, 0.1) is 11.2 Å². The molecule has 1 aromatic heterocycles. The van der Waals surface area contributed by atoms with E-state index in [1.165, 1.54) is 30.5 Å². The Bertz CT molecular complexity index is 605. The molecule has 18 heavy (non-hydrogen) atoms. The summed E-state index contributed by atoms with van der Waals surface area (Å²) in [5.74, 6) is -0.188. The van der Waals surface area contributed by atoms with Crippen molar-refractivity contribution in [2.24, 2.45) is 5.73 Å². The van der Waals surface area contributed by atoms with Gasteiger partial charge in [-0.25, -0.2) is 9.37 Å². The Kier molecular flexibility index (Phi) is 3.52. The maximum absolute atomic E-state index is 13.0. The minimum atomic E-state index is -0.388. The molecule has 0 spiro atoms. The van der Waals surface area contributed by atoms with Crippen molar-refractivity contribution in [2.75, 3.05) is 0 Å². The van der Waals surface area contributed by atoms with E-state index in [2.05, 4.69) is 25.9 Å². The van der Waals surface area contributed by atoms with Crippen LogP contribution >= 0.6 is 15.9 Å². The maximum Gasteiger partial charge on any atom is 0.322 e. The van der Waals surface area contributed by atoms with E-state index in [1.54, 1.807) is 0 Å². The maximum atomic E-state index is 13.0. The van der Waals surface area contributed by atoms with Gasteiger partial charge in [-0.3, -0.25) is 5.41 Å². The number of hydrogen-bond acceptors (Lipinski definition) is 4. The lowest BCUT2D eigenvalue weighted by molar-refractivity contribution is 0.439. The van der Waals surface area contributed by atoms with Crippen LogP contribution in [-0.4, -0.2) is 15.8 Å². The summed E-state index contributed by atoms with van der Waals surface area (Å²) >= 11 is 3.05. The van der Waals surface area contributed by atoms with Crippen molar-refractivity contribution in [3.05, 3.63) is 46.4 Å². The van der Waals surface area contributed by atoms with Crippen LogP contribution in [0.1, 0.15) is 5.69 Å². The molecule has 92 valence electrons. The van der Waals surface area contributed by atoms with E-state index in [0.29, 0.717) is 5.75 Å². The van der Waals surface area contributed by atoms with E-state index in [-0.39, 0.29) is 27.8 Å². The summed E-state index contributed by atoms with van der Waals surface area (Å²) in [6, 6.07) is 5.70. The second-order valence-corrected chi connectivity index (χ2v) is 4.17. The van der Waals surface area contributed by atoms with Gasteiger partial charge in [0.05, 0.1) is 4.47 Å². The quantitative estimate of drug-likeness (QED) is 0.673. The Labute approximate surface area is 110 Å². The lowest BCUT2D eigenvalue weighted by Crippen LogP contribution is -2.13. The average Bonchev–Trinajstić information content (AvgIpc) is 2.34. The molecule has 0 amide bonds. The van der Waals surface area contributed by atoms with Crippen molar-refractivity contribution in [3.8, 4) is 11.8 Å². The first kappa shape index (κ1) is 12.4. The number of amidine groups is 1. The molecule has 2 aromatic rings. The third kappa shape index (κ3) is 2.80. The molecule has 0 aliphatic heterocycles. The van der Waals surface area contributed by atoms with Crippen LogP contribution in [0.2, 0.25) is 0 Å². The fourth-order valence-corrected chi connectivity index (χ4v) is 1.54. The average molecular weight is 311 g/mol. The molecular weight excluding hydrogens is 303 g/mol. The third-order valence-electron chi connectivity index (χ3n) is 2.01. The Morgan fingerprint density at radius 2 is 2.17 bits per heavy atom. The van der Waals surface area contributed by atoms with Gasteiger partial charge in [0.1, 0.15) is 23.1 Å². The summed E-state index contributed by atoms with van der Waals surface area (Å²) in [4.78, 5) is 7.80. The molecule has 0 saturated carbocycles. The smallest absolute Gasteiger partial charge is 0.322 e. The zero-order valence-electron chi connectivity index (χ0n) is 9.02. The highest BCUT2D eigenvalue weighted by atomic mass is 79.9. The predicted octanol–water partition coefficient (Wildman–Crippen LogP) is 2.45. The summed E-state index contributed by atoms with van der Waals surface area (Å²) in [5.41, 5.74) is 5.57. The van der Waals surface area contributed by atoms with Crippen molar-refractivity contribution in [2.45, 2.75) is 0 Å². The molecule has 0 radical (unpaired) electrons. The SMILES string of the molecule is N=C(N)c1ccnc(Oc2ccc(F)c(Br)c2)n1. The van der Waals surface area contributed by atoms with Gasteiger partial charge in [0.15, 0.2) is 0 Å². The third-order valence-corrected chi connectivity index (χ3v) is 2.62. The van der Waals surface area contributed by atoms with E-state index in [0.717, 1.165) is 0 Å². The molecule has 0 saturated heterocycles. The van der Waals surface area contributed by atoms with Gasteiger partial charge in [0, 0.05) is 6.20 Å². The van der Waals surface area contributed by atoms with Crippen LogP contribution in [0.3, 0.4) is 0 Å². The molecule has 0 fully saturated rings. The Hall–Kier alpha value is -2.02. The molecule has 5 nitrogen and oxygen atoms in total. The van der Waals surface area contributed by atoms with Crippen molar-refractivity contribution < 1.29 is 9.13 Å². The van der Waals surface area contributed by atoms with Gasteiger partial charge in [0.25, 0.3) is 0 Å². The van der Waals surface area contributed by atoms with Crippen LogP contribution in [0.5, 0.6) is 11.8 Å². The first-order valence-electron chi connectivity index (χ1n) is 4.86. The number of nitrogens with one attached hydrogen (secondary N) is 1. The molecule has 7 heteroatoms. The van der Waals surface area contributed by atoms with E-state index in [9.17, 15) is 4.39 Å². The van der Waals surface area contributed by atoms with Crippen molar-refractivity contribution >= 4 is 21.8 Å². The van der Waals surface area contributed by atoms with Gasteiger partial charge < -0.3 is 10.5 Å². The molecule has 2 rings (SSSR count). The Balaban J connectivity index is 2.25. The van der Waals surface area contributed by atoms with E-state index in [1.807, 2.05) is 0 Å². The van der Waals surface area contributed by atoms with E-state index in [4.69, 9.17) is 15.9 Å². The zero-order chi connectivity index (χ0) is 13.1. The number of hydrogen-bond donors (Lipinski definition) is 2. The molecule has 0 aliphatic rings. The monoisotopic (exact) mass is 310 g/mol. The number of halogens is 2. The number of ether oxygens (including phenoxy) is 1. The van der Waals surface area contributed by atoms with E-state index >= 15 is 0 Å². The highest BCUT2D eigenvalue weighted by Crippen LogP contribution is 2.24. The molecule has 1 heterocycles. The molecule has 0 bridgehead atoms. The van der Waals surface area contributed by atoms with Gasteiger partial charge >= 0.3 is 6.01 Å². The number of nitrogens with two attached hydrogens (primary N) is 1. The van der Waals surface area contributed by atoms with Crippen molar-refractivity contribution in [1.82, 2.24) is 9.97 Å². The first-order valence-corrected chi connectivity index (χ1v) is 5.66. The summed E-state index contributed by atoms with van der Waals surface area (Å²) in [5, 5.41) is 7.25. The van der Waals surface area contributed by atoms with Crippen LogP contribution < -0.4 is 10.5 Å². The molecular formula is C11H8BrFN4O. The molecule has 0 aliphatic carbocycles. The van der Waals surface area contributed by atoms with Crippen LogP contribution in [0.15, 0.2) is 34.9 Å². The van der Waals surface area contributed by atoms with Gasteiger partial charge in [-0.05, 0) is 40.2 Å². The molecule has 0 atom stereocenters. The highest BCUT2D eigenvalue weighted by Gasteiger charge is 2.06. The predicted molar refractivity (Wildman–Crippen MR) is 67.2 cm³/mol. The van der Waals surface area contributed by atoms with Crippen molar-refractivity contribution in [3.63, 3.8) is 0 Å². The van der Waals surface area contributed by atoms with Gasteiger partial charge in [-0.1, -0.05) is 0 Å². The zero-order valence-corrected chi connectivity index (χ0v) is 10.6. The van der Waals surface area contributed by atoms with Crippen LogP contribution in [0.4, 0.5) is 4.39 Å². The number of nitrogen functional groups attached to an aromatic ring is 1. The molecule has 3 N–H and O–H groups in total. The number of nitrogens with zero attached hydrogens (tertiary/aromatic N) is 2. The number of aromatic nitrogens is 2. The normalized spacial score (nSPS) is 10.1. The fourth-order valence-electron chi connectivity index (χ4n) is 1.19. The largest absolute Gasteiger partial charge is 0.424 e. The second kappa shape index (κ2) is 5.09. The molecule has 0 unspecified atom stereocenters. The number of benzene rings is 1. The minimum absolute atomic E-state index is 0.0428. The summed E-state index contributed by atoms with van der Waals surface area (Å²) < 4.78 is 18.6. The first-order chi connectivity index (χ1) is 8.56. The standard InChI is InChI=1S/C11H8BrFN4O/c12-7-5-6(1-2-8(7)13)18-11-16-4-3-9(17-11)10(14)15/h1-5H,(H3,14,15). The summed E-state index contributed by atoms with van der Waals surface area (Å²) in [7, 11) is 0. The van der Waals surface area contributed by atoms with Crippen LogP contribution in [0.25, 0.3) is 0 Å². The number of rotatable bonds is 3. The summed E-state index contributed by atoms with van der Waals surface area (Å²) in [6.07, 6.45) is 1.43. The lowest BCUT2D eigenvalue weighted by atomic mass is 10.3. The molecule has 1 aromatic carbocycles. The van der Waals surface area contributed by atoms with Gasteiger partial charge in [-0.15, -0.1) is 0 Å². The highest BCUT2D eigenvalue weighted by molar-refractivity contribution is 9.10. The second-order valence-electron chi connectivity index (χ2n) is 3.32. The Morgan fingerprint density at radius 1 is 1.39 bits per heavy atom. The minimum Gasteiger partial charge on any atom is -0.424 e. The lowest BCUT2D eigenvalue weighted by Gasteiger charge is -2.05.